The molecule has 0 aromatic heterocycles. The molecule has 3 N–H and O–H groups in total. The third-order valence-electron chi connectivity index (χ3n) is 5.41. The van der Waals surface area contributed by atoms with Crippen molar-refractivity contribution in [3.63, 3.8) is 0 Å². The minimum Gasteiger partial charge on any atom is -0.497 e. The van der Waals surface area contributed by atoms with Crippen LogP contribution >= 0.6 is 0 Å². The summed E-state index contributed by atoms with van der Waals surface area (Å²) < 4.78 is 5.10. The lowest BCUT2D eigenvalue weighted by atomic mass is 9.79. The fourth-order valence-electron chi connectivity index (χ4n) is 3.96. The number of guanidine groups is 1. The molecule has 28 heavy (non-hydrogen) atoms. The van der Waals surface area contributed by atoms with E-state index in [2.05, 4.69) is 25.8 Å². The van der Waals surface area contributed by atoms with Crippen LogP contribution in [0.25, 0.3) is 0 Å². The summed E-state index contributed by atoms with van der Waals surface area (Å²) >= 11 is 0. The van der Waals surface area contributed by atoms with Gasteiger partial charge in [0.25, 0.3) is 5.91 Å². The Kier molecular flexibility index (Phi) is 6.38. The van der Waals surface area contributed by atoms with Gasteiger partial charge in [-0.2, -0.15) is 0 Å². The van der Waals surface area contributed by atoms with Gasteiger partial charge < -0.3 is 25.6 Å². The van der Waals surface area contributed by atoms with Crippen molar-refractivity contribution in [1.29, 1.82) is 0 Å². The largest absolute Gasteiger partial charge is 0.497 e. The lowest BCUT2D eigenvalue weighted by molar-refractivity contribution is -0.119. The van der Waals surface area contributed by atoms with Gasteiger partial charge in [-0.1, -0.05) is 0 Å². The molecule has 1 aromatic carbocycles. The quantitative estimate of drug-likeness (QED) is 0.391. The van der Waals surface area contributed by atoms with Gasteiger partial charge in [0.15, 0.2) is 5.96 Å². The van der Waals surface area contributed by atoms with Crippen molar-refractivity contribution >= 4 is 17.8 Å². The molecule has 2 aliphatic heterocycles. The Morgan fingerprint density at radius 1 is 1.29 bits per heavy atom. The molecule has 1 unspecified atom stereocenters. The molecule has 2 amide bonds. The zero-order valence-electron chi connectivity index (χ0n) is 16.6. The van der Waals surface area contributed by atoms with Crippen molar-refractivity contribution in [3.05, 3.63) is 29.8 Å². The normalized spacial score (nSPS) is 22.1. The predicted octanol–water partition coefficient (Wildman–Crippen LogP) is 0.602. The van der Waals surface area contributed by atoms with E-state index in [0.717, 1.165) is 44.2 Å². The second-order valence-electron chi connectivity index (χ2n) is 7.44. The number of methoxy groups -OCH3 is 1. The average Bonchev–Trinajstić information content (AvgIpc) is 3.07. The van der Waals surface area contributed by atoms with Crippen LogP contribution in [0, 0.1) is 5.41 Å². The van der Waals surface area contributed by atoms with Crippen LogP contribution in [-0.4, -0.2) is 69.6 Å². The highest BCUT2D eigenvalue weighted by atomic mass is 16.5. The summed E-state index contributed by atoms with van der Waals surface area (Å²) in [6.07, 6.45) is 2.71. The van der Waals surface area contributed by atoms with Crippen molar-refractivity contribution in [2.24, 2.45) is 10.4 Å². The fourth-order valence-corrected chi connectivity index (χ4v) is 3.96. The van der Waals surface area contributed by atoms with Crippen LogP contribution in [0.15, 0.2) is 29.3 Å². The number of likely N-dealkylation sites (tertiary alicyclic amines) is 1. The molecule has 0 radical (unpaired) electrons. The Morgan fingerprint density at radius 3 is 2.68 bits per heavy atom. The van der Waals surface area contributed by atoms with E-state index in [9.17, 15) is 9.59 Å². The topological polar surface area (TPSA) is 95.1 Å². The van der Waals surface area contributed by atoms with E-state index in [1.54, 1.807) is 38.4 Å². The Hall–Kier alpha value is -2.77. The van der Waals surface area contributed by atoms with E-state index in [1.807, 2.05) is 0 Å². The van der Waals surface area contributed by atoms with E-state index in [1.165, 1.54) is 0 Å². The number of benzene rings is 1. The molecule has 8 heteroatoms. The van der Waals surface area contributed by atoms with Gasteiger partial charge in [-0.05, 0) is 37.1 Å². The number of carbonyl (C=O) groups is 2. The van der Waals surface area contributed by atoms with Gasteiger partial charge in [-0.3, -0.25) is 14.6 Å². The number of aliphatic imine (C=N–C) groups is 1. The number of amides is 2. The van der Waals surface area contributed by atoms with E-state index in [-0.39, 0.29) is 17.2 Å². The molecule has 2 fully saturated rings. The molecule has 152 valence electrons. The first kappa shape index (κ1) is 20.0. The highest BCUT2D eigenvalue weighted by Gasteiger charge is 2.42. The Morgan fingerprint density at radius 2 is 2.04 bits per heavy atom. The number of piperidine rings is 1. The van der Waals surface area contributed by atoms with Crippen molar-refractivity contribution in [2.45, 2.75) is 19.3 Å². The van der Waals surface area contributed by atoms with Gasteiger partial charge in [-0.25, -0.2) is 0 Å². The molecule has 0 saturated carbocycles. The Labute approximate surface area is 165 Å². The summed E-state index contributed by atoms with van der Waals surface area (Å²) in [5, 5.41) is 9.18. The first-order valence-corrected chi connectivity index (χ1v) is 9.70. The van der Waals surface area contributed by atoms with Gasteiger partial charge in [0.05, 0.1) is 7.11 Å². The SMILES string of the molecule is CN=C(NCCNC(=O)c1ccc(OC)cc1)N1CCCC2(CNC(=O)C2)C1. The molecule has 2 saturated heterocycles. The highest BCUT2D eigenvalue weighted by molar-refractivity contribution is 5.94. The number of hydrogen-bond acceptors (Lipinski definition) is 4. The average molecular weight is 387 g/mol. The number of nitrogens with zero attached hydrogens (tertiary/aromatic N) is 2. The summed E-state index contributed by atoms with van der Waals surface area (Å²) in [5.41, 5.74) is 0.622. The molecular weight excluding hydrogens is 358 g/mol. The first-order chi connectivity index (χ1) is 13.5. The van der Waals surface area contributed by atoms with Gasteiger partial charge in [0, 0.05) is 57.2 Å². The summed E-state index contributed by atoms with van der Waals surface area (Å²) in [6.45, 7) is 3.56. The molecule has 0 bridgehead atoms. The molecule has 8 nitrogen and oxygen atoms in total. The Bertz CT molecular complexity index is 734. The molecule has 1 spiro atoms. The maximum absolute atomic E-state index is 12.2. The second kappa shape index (κ2) is 8.95. The minimum absolute atomic E-state index is 0.0233. The maximum Gasteiger partial charge on any atom is 0.251 e. The van der Waals surface area contributed by atoms with Crippen LogP contribution in [0.4, 0.5) is 0 Å². The monoisotopic (exact) mass is 387 g/mol. The second-order valence-corrected chi connectivity index (χ2v) is 7.44. The number of carbonyl (C=O) groups excluding carboxylic acids is 2. The Balaban J connectivity index is 1.45. The molecule has 3 rings (SSSR count). The summed E-state index contributed by atoms with van der Waals surface area (Å²) in [6, 6.07) is 7.02. The summed E-state index contributed by atoms with van der Waals surface area (Å²) in [4.78, 5) is 30.5. The minimum atomic E-state index is -0.119. The third kappa shape index (κ3) is 4.74. The standard InChI is InChI=1S/C20H29N5O3/c1-21-19(25-11-3-8-20(14-25)12-17(26)24-13-20)23-10-9-22-18(27)15-4-6-16(28-2)7-5-15/h4-7H,3,8-14H2,1-2H3,(H,21,23)(H,22,27)(H,24,26). The van der Waals surface area contributed by atoms with Crippen molar-refractivity contribution < 1.29 is 14.3 Å². The van der Waals surface area contributed by atoms with E-state index in [4.69, 9.17) is 4.74 Å². The smallest absolute Gasteiger partial charge is 0.251 e. The van der Waals surface area contributed by atoms with Gasteiger partial charge in [0.2, 0.25) is 5.91 Å². The van der Waals surface area contributed by atoms with Crippen LogP contribution in [0.1, 0.15) is 29.6 Å². The van der Waals surface area contributed by atoms with E-state index in [0.29, 0.717) is 25.1 Å². The van der Waals surface area contributed by atoms with Gasteiger partial charge in [-0.15, -0.1) is 0 Å². The highest BCUT2D eigenvalue weighted by Crippen LogP contribution is 2.35. The molecular formula is C20H29N5O3. The number of rotatable bonds is 5. The number of ether oxygens (including phenoxy) is 1. The van der Waals surface area contributed by atoms with Gasteiger partial charge >= 0.3 is 0 Å². The molecule has 1 atom stereocenters. The predicted molar refractivity (Wildman–Crippen MR) is 108 cm³/mol. The first-order valence-electron chi connectivity index (χ1n) is 9.70. The van der Waals surface area contributed by atoms with E-state index >= 15 is 0 Å². The zero-order valence-corrected chi connectivity index (χ0v) is 16.6. The van der Waals surface area contributed by atoms with Crippen LogP contribution in [0.2, 0.25) is 0 Å². The van der Waals surface area contributed by atoms with Crippen molar-refractivity contribution in [3.8, 4) is 5.75 Å². The zero-order chi connectivity index (χ0) is 20.0. The third-order valence-corrected chi connectivity index (χ3v) is 5.41. The van der Waals surface area contributed by atoms with Crippen LogP contribution in [0.3, 0.4) is 0 Å². The molecule has 1 aromatic rings. The lowest BCUT2D eigenvalue weighted by Crippen LogP contribution is -2.52. The molecule has 2 aliphatic rings. The number of nitrogens with one attached hydrogen (secondary N) is 3. The summed E-state index contributed by atoms with van der Waals surface area (Å²) in [7, 11) is 3.36. The lowest BCUT2D eigenvalue weighted by Gasteiger charge is -2.40. The maximum atomic E-state index is 12.2. The van der Waals surface area contributed by atoms with Crippen molar-refractivity contribution in [1.82, 2.24) is 20.9 Å². The fraction of sp³-hybridized carbons (Fsp3) is 0.550. The van der Waals surface area contributed by atoms with Crippen LogP contribution in [-0.2, 0) is 4.79 Å². The number of hydrogen-bond donors (Lipinski definition) is 3. The summed E-state index contributed by atoms with van der Waals surface area (Å²) in [5.74, 6) is 1.57. The van der Waals surface area contributed by atoms with Crippen LogP contribution in [0.5, 0.6) is 5.75 Å². The molecule has 2 heterocycles. The van der Waals surface area contributed by atoms with Gasteiger partial charge in [0.1, 0.15) is 5.75 Å². The van der Waals surface area contributed by atoms with Crippen molar-refractivity contribution in [2.75, 3.05) is 46.9 Å². The molecule has 0 aliphatic carbocycles. The van der Waals surface area contributed by atoms with E-state index < -0.39 is 0 Å². The van der Waals surface area contributed by atoms with Crippen LogP contribution < -0.4 is 20.7 Å².